The minimum Gasteiger partial charge on any atom is -0.452 e. The van der Waals surface area contributed by atoms with Gasteiger partial charge in [0.15, 0.2) is 6.61 Å². The molecule has 0 aliphatic heterocycles. The summed E-state index contributed by atoms with van der Waals surface area (Å²) >= 11 is 5.77. The van der Waals surface area contributed by atoms with Crippen molar-refractivity contribution in [2.24, 2.45) is 0 Å². The van der Waals surface area contributed by atoms with E-state index in [9.17, 15) is 9.59 Å². The number of para-hydroxylation sites is 1. The molecule has 0 atom stereocenters. The molecule has 126 valence electrons. The number of aliphatic hydroxyl groups is 1. The molecule has 0 heterocycles. The van der Waals surface area contributed by atoms with Crippen LogP contribution in [0.25, 0.3) is 0 Å². The second kappa shape index (κ2) is 8.90. The SMILES string of the molecule is O=C(COC(=O)c1ccccc1NCCO)Nc1ccc(Cl)cc1. The smallest absolute Gasteiger partial charge is 0.340 e. The summed E-state index contributed by atoms with van der Waals surface area (Å²) in [5.74, 6) is -1.08. The van der Waals surface area contributed by atoms with E-state index in [0.29, 0.717) is 28.5 Å². The lowest BCUT2D eigenvalue weighted by Gasteiger charge is -2.11. The Morgan fingerprint density at radius 1 is 1.08 bits per heavy atom. The summed E-state index contributed by atoms with van der Waals surface area (Å²) < 4.78 is 5.03. The Morgan fingerprint density at radius 3 is 2.50 bits per heavy atom. The lowest BCUT2D eigenvalue weighted by Crippen LogP contribution is -2.21. The fourth-order valence-electron chi connectivity index (χ4n) is 1.94. The first-order chi connectivity index (χ1) is 11.6. The number of nitrogens with one attached hydrogen (secondary N) is 2. The van der Waals surface area contributed by atoms with Crippen LogP contribution in [0.2, 0.25) is 5.02 Å². The Labute approximate surface area is 144 Å². The van der Waals surface area contributed by atoms with Crippen molar-refractivity contribution in [3.8, 4) is 0 Å². The molecule has 0 bridgehead atoms. The highest BCUT2D eigenvalue weighted by atomic mass is 35.5. The molecule has 0 fully saturated rings. The highest BCUT2D eigenvalue weighted by Crippen LogP contribution is 2.16. The Balaban J connectivity index is 1.90. The largest absolute Gasteiger partial charge is 0.452 e. The monoisotopic (exact) mass is 348 g/mol. The number of hydrogen-bond acceptors (Lipinski definition) is 5. The Hall–Kier alpha value is -2.57. The van der Waals surface area contributed by atoms with E-state index in [-0.39, 0.29) is 6.61 Å². The molecule has 0 saturated heterocycles. The van der Waals surface area contributed by atoms with Gasteiger partial charge in [-0.15, -0.1) is 0 Å². The van der Waals surface area contributed by atoms with Gasteiger partial charge in [-0.25, -0.2) is 4.79 Å². The van der Waals surface area contributed by atoms with Gasteiger partial charge in [-0.2, -0.15) is 0 Å². The molecule has 1 amide bonds. The van der Waals surface area contributed by atoms with Gasteiger partial charge in [0.25, 0.3) is 5.91 Å². The molecule has 2 aromatic rings. The Morgan fingerprint density at radius 2 is 1.79 bits per heavy atom. The van der Waals surface area contributed by atoms with E-state index >= 15 is 0 Å². The van der Waals surface area contributed by atoms with E-state index in [2.05, 4.69) is 10.6 Å². The van der Waals surface area contributed by atoms with Crippen LogP contribution in [0.5, 0.6) is 0 Å². The molecule has 2 aromatic carbocycles. The van der Waals surface area contributed by atoms with Gasteiger partial charge in [-0.3, -0.25) is 4.79 Å². The van der Waals surface area contributed by atoms with E-state index in [4.69, 9.17) is 21.4 Å². The number of carbonyl (C=O) groups excluding carboxylic acids is 2. The molecule has 6 nitrogen and oxygen atoms in total. The minimum atomic E-state index is -0.623. The Bertz CT molecular complexity index is 704. The lowest BCUT2D eigenvalue weighted by molar-refractivity contribution is -0.119. The first-order valence-electron chi connectivity index (χ1n) is 7.26. The van der Waals surface area contributed by atoms with Crippen molar-refractivity contribution in [2.45, 2.75) is 0 Å². The van der Waals surface area contributed by atoms with Crippen LogP contribution in [0.4, 0.5) is 11.4 Å². The van der Waals surface area contributed by atoms with Crippen molar-refractivity contribution in [1.82, 2.24) is 0 Å². The highest BCUT2D eigenvalue weighted by Gasteiger charge is 2.14. The third-order valence-corrected chi connectivity index (χ3v) is 3.29. The van der Waals surface area contributed by atoms with E-state index < -0.39 is 18.5 Å². The molecule has 3 N–H and O–H groups in total. The maximum atomic E-state index is 12.1. The normalized spacial score (nSPS) is 10.1. The summed E-state index contributed by atoms with van der Waals surface area (Å²) in [5, 5.41) is 14.9. The van der Waals surface area contributed by atoms with Gasteiger partial charge in [0.1, 0.15) is 0 Å². The number of benzene rings is 2. The van der Waals surface area contributed by atoms with Crippen molar-refractivity contribution in [3.63, 3.8) is 0 Å². The average molecular weight is 349 g/mol. The van der Waals surface area contributed by atoms with Crippen molar-refractivity contribution >= 4 is 34.9 Å². The molecule has 24 heavy (non-hydrogen) atoms. The molecular formula is C17H17ClN2O4. The number of rotatable bonds is 7. The topological polar surface area (TPSA) is 87.7 Å². The number of amides is 1. The summed E-state index contributed by atoms with van der Waals surface area (Å²) in [7, 11) is 0. The third-order valence-electron chi connectivity index (χ3n) is 3.04. The standard InChI is InChI=1S/C17H17ClN2O4/c18-12-5-7-13(8-6-12)20-16(22)11-24-17(23)14-3-1-2-4-15(14)19-9-10-21/h1-8,19,21H,9-11H2,(H,20,22). The first kappa shape index (κ1) is 17.8. The van der Waals surface area contributed by atoms with E-state index in [0.717, 1.165) is 0 Å². The quantitative estimate of drug-likeness (QED) is 0.669. The van der Waals surface area contributed by atoms with Crippen LogP contribution >= 0.6 is 11.6 Å². The molecule has 0 spiro atoms. The molecule has 7 heteroatoms. The number of carbonyl (C=O) groups is 2. The molecule has 0 aliphatic rings. The summed E-state index contributed by atoms with van der Waals surface area (Å²) in [6.45, 7) is -0.163. The van der Waals surface area contributed by atoms with Gasteiger partial charge >= 0.3 is 5.97 Å². The molecule has 0 unspecified atom stereocenters. The summed E-state index contributed by atoms with van der Waals surface area (Å²) in [4.78, 5) is 23.9. The van der Waals surface area contributed by atoms with E-state index in [1.807, 2.05) is 0 Å². The summed E-state index contributed by atoms with van der Waals surface area (Å²) in [6.07, 6.45) is 0. The second-order valence-electron chi connectivity index (χ2n) is 4.83. The van der Waals surface area contributed by atoms with Gasteiger partial charge in [-0.05, 0) is 36.4 Å². The lowest BCUT2D eigenvalue weighted by atomic mass is 10.2. The number of anilines is 2. The first-order valence-corrected chi connectivity index (χ1v) is 7.64. The zero-order chi connectivity index (χ0) is 17.4. The van der Waals surface area contributed by atoms with Gasteiger partial charge < -0.3 is 20.5 Å². The zero-order valence-electron chi connectivity index (χ0n) is 12.8. The van der Waals surface area contributed by atoms with Gasteiger partial charge in [-0.1, -0.05) is 23.7 Å². The van der Waals surface area contributed by atoms with Crippen LogP contribution in [-0.2, 0) is 9.53 Å². The van der Waals surface area contributed by atoms with Crippen molar-refractivity contribution < 1.29 is 19.4 Å². The maximum Gasteiger partial charge on any atom is 0.340 e. The number of hydrogen-bond donors (Lipinski definition) is 3. The third kappa shape index (κ3) is 5.26. The van der Waals surface area contributed by atoms with Crippen LogP contribution in [0.15, 0.2) is 48.5 Å². The average Bonchev–Trinajstić information content (AvgIpc) is 2.60. The van der Waals surface area contributed by atoms with Crippen molar-refractivity contribution in [2.75, 3.05) is 30.4 Å². The van der Waals surface area contributed by atoms with Gasteiger partial charge in [0, 0.05) is 22.9 Å². The van der Waals surface area contributed by atoms with Crippen molar-refractivity contribution in [3.05, 3.63) is 59.1 Å². The number of esters is 1. The predicted molar refractivity (Wildman–Crippen MR) is 92.4 cm³/mol. The molecule has 0 aromatic heterocycles. The molecule has 0 aliphatic carbocycles. The molecule has 0 radical (unpaired) electrons. The number of ether oxygens (including phenoxy) is 1. The number of halogens is 1. The van der Waals surface area contributed by atoms with E-state index in [1.54, 1.807) is 48.5 Å². The van der Waals surface area contributed by atoms with Gasteiger partial charge in [0.05, 0.1) is 12.2 Å². The van der Waals surface area contributed by atoms with Crippen molar-refractivity contribution in [1.29, 1.82) is 0 Å². The predicted octanol–water partition coefficient (Wildman–Crippen LogP) is 2.54. The zero-order valence-corrected chi connectivity index (χ0v) is 13.5. The fraction of sp³-hybridized carbons (Fsp3) is 0.176. The van der Waals surface area contributed by atoms with Crippen LogP contribution in [0.3, 0.4) is 0 Å². The van der Waals surface area contributed by atoms with Gasteiger partial charge in [0.2, 0.25) is 0 Å². The maximum absolute atomic E-state index is 12.1. The molecular weight excluding hydrogens is 332 g/mol. The van der Waals surface area contributed by atoms with Crippen LogP contribution < -0.4 is 10.6 Å². The molecule has 2 rings (SSSR count). The summed E-state index contributed by atoms with van der Waals surface area (Å²) in [6, 6.07) is 13.3. The number of aliphatic hydroxyl groups excluding tert-OH is 1. The van der Waals surface area contributed by atoms with Crippen LogP contribution in [0, 0.1) is 0 Å². The Kier molecular flexibility index (Phi) is 6.60. The van der Waals surface area contributed by atoms with Crippen LogP contribution in [0.1, 0.15) is 10.4 Å². The fourth-order valence-corrected chi connectivity index (χ4v) is 2.07. The second-order valence-corrected chi connectivity index (χ2v) is 5.26. The summed E-state index contributed by atoms with van der Waals surface area (Å²) in [5.41, 5.74) is 1.39. The van der Waals surface area contributed by atoms with Crippen LogP contribution in [-0.4, -0.2) is 36.7 Å². The molecule has 0 saturated carbocycles. The minimum absolute atomic E-state index is 0.0626. The highest BCUT2D eigenvalue weighted by molar-refractivity contribution is 6.30. The van der Waals surface area contributed by atoms with E-state index in [1.165, 1.54) is 0 Å².